The highest BCUT2D eigenvalue weighted by Crippen LogP contribution is 2.45. The largest absolute Gasteiger partial charge is 0.350 e. The van der Waals surface area contributed by atoms with Crippen molar-refractivity contribution in [3.05, 3.63) is 59.8 Å². The number of nitrogens with one attached hydrogen (secondary N) is 1. The van der Waals surface area contributed by atoms with E-state index in [-0.39, 0.29) is 49.5 Å². The van der Waals surface area contributed by atoms with E-state index < -0.39 is 68.6 Å². The number of hydrazone groups is 1. The monoisotopic (exact) mass is 937 g/mol. The average Bonchev–Trinajstić information content (AvgIpc) is 3.46. The molecule has 18 nitrogen and oxygen atoms in total. The van der Waals surface area contributed by atoms with Gasteiger partial charge in [0.25, 0.3) is 40.5 Å². The first-order chi connectivity index (χ1) is 28.0. The number of allylic oxidation sites excluding steroid dienone is 6. The first kappa shape index (κ1) is 52.0. The summed E-state index contributed by atoms with van der Waals surface area (Å²) in [7, 11) is -11.3. The number of benzene rings is 1. The van der Waals surface area contributed by atoms with Gasteiger partial charge in [-0.15, -0.1) is 0 Å². The topological polar surface area (TPSA) is 265 Å². The molecule has 0 radical (unpaired) electrons. The molecule has 61 heavy (non-hydrogen) atoms. The van der Waals surface area contributed by atoms with Crippen LogP contribution in [0.5, 0.6) is 0 Å². The molecule has 22 heteroatoms. The van der Waals surface area contributed by atoms with Crippen LogP contribution < -0.4 is 5.32 Å². The van der Waals surface area contributed by atoms with Gasteiger partial charge in [-0.2, -0.15) is 43.3 Å². The highest BCUT2D eigenvalue weighted by molar-refractivity contribution is 7.86. The Balaban J connectivity index is 2.01. The van der Waals surface area contributed by atoms with Crippen molar-refractivity contribution in [2.45, 2.75) is 88.9 Å². The predicted molar refractivity (Wildman–Crippen MR) is 234 cm³/mol. The second-order valence-electron chi connectivity index (χ2n) is 17.1. The summed E-state index contributed by atoms with van der Waals surface area (Å²) in [6.45, 7) is 7.36. The number of nitrogens with zero attached hydrogens (tertiary/aromatic N) is 4. The van der Waals surface area contributed by atoms with Crippen molar-refractivity contribution in [3.8, 4) is 0 Å². The fraction of sp³-hybridized carbons (Fsp3) is 0.615. The molecular formula is C39H63N5O13S4+2. The van der Waals surface area contributed by atoms with E-state index in [0.29, 0.717) is 67.1 Å². The molecule has 2 aliphatic rings. The number of quaternary nitrogens is 1. The van der Waals surface area contributed by atoms with Crippen molar-refractivity contribution in [1.29, 1.82) is 0 Å². The third kappa shape index (κ3) is 16.4. The van der Waals surface area contributed by atoms with Crippen LogP contribution in [0.25, 0.3) is 0 Å². The molecule has 2 heterocycles. The molecule has 3 rings (SSSR count). The first-order valence-electron chi connectivity index (χ1n) is 20.0. The zero-order valence-electron chi connectivity index (χ0n) is 35.8. The average molecular weight is 938 g/mol. The summed E-state index contributed by atoms with van der Waals surface area (Å²) in [6.07, 6.45) is 11.6. The lowest BCUT2D eigenvalue weighted by Gasteiger charge is -2.29. The molecular weight excluding hydrogens is 875 g/mol. The lowest BCUT2D eigenvalue weighted by atomic mass is 9.76. The molecule has 1 aromatic carbocycles. The Kier molecular flexibility index (Phi) is 17.8. The van der Waals surface area contributed by atoms with Crippen LogP contribution in [0.3, 0.4) is 0 Å². The molecule has 0 bridgehead atoms. The van der Waals surface area contributed by atoms with Crippen molar-refractivity contribution in [2.24, 2.45) is 10.5 Å². The van der Waals surface area contributed by atoms with Crippen LogP contribution in [0.15, 0.2) is 64.3 Å². The van der Waals surface area contributed by atoms with Gasteiger partial charge in [-0.05, 0) is 83.9 Å². The molecule has 1 amide bonds. The van der Waals surface area contributed by atoms with Crippen molar-refractivity contribution in [2.75, 3.05) is 64.6 Å². The van der Waals surface area contributed by atoms with E-state index in [4.69, 9.17) is 0 Å². The fourth-order valence-electron chi connectivity index (χ4n) is 7.58. The van der Waals surface area contributed by atoms with Gasteiger partial charge in [-0.25, -0.2) is 0 Å². The van der Waals surface area contributed by atoms with Gasteiger partial charge >= 0.3 is 0 Å². The zero-order chi connectivity index (χ0) is 46.1. The first-order valence-corrected chi connectivity index (χ1v) is 26.3. The third-order valence-corrected chi connectivity index (χ3v) is 14.2. The van der Waals surface area contributed by atoms with Crippen LogP contribution in [0.2, 0.25) is 0 Å². The Morgan fingerprint density at radius 3 is 1.97 bits per heavy atom. The number of carbonyl (C=O) groups excluding carboxylic acids is 1. The highest BCUT2D eigenvalue weighted by atomic mass is 32.2. The molecule has 0 aromatic heterocycles. The van der Waals surface area contributed by atoms with Crippen LogP contribution >= 0.6 is 0 Å². The molecule has 1 aromatic rings. The number of carbonyl (C=O) groups is 1. The normalized spacial score (nSPS) is 21.0. The Morgan fingerprint density at radius 1 is 0.803 bits per heavy atom. The molecule has 0 aliphatic carbocycles. The molecule has 2 aliphatic heterocycles. The Hall–Kier alpha value is -3.35. The molecule has 0 spiro atoms. The van der Waals surface area contributed by atoms with Gasteiger partial charge in [0.1, 0.15) is 6.54 Å². The lowest BCUT2D eigenvalue weighted by molar-refractivity contribution is -0.869. The van der Waals surface area contributed by atoms with Gasteiger partial charge in [-0.3, -0.25) is 28.0 Å². The molecule has 0 saturated heterocycles. The van der Waals surface area contributed by atoms with Crippen molar-refractivity contribution in [1.82, 2.24) is 10.3 Å². The predicted octanol–water partition coefficient (Wildman–Crippen LogP) is 3.98. The number of unbranched alkanes of at least 4 members (excludes halogenated alkanes) is 2. The summed E-state index contributed by atoms with van der Waals surface area (Å²) in [6, 6.07) is 4.25. The van der Waals surface area contributed by atoms with Gasteiger partial charge < -0.3 is 9.80 Å². The summed E-state index contributed by atoms with van der Waals surface area (Å²) in [5.74, 6) is -1.55. The summed E-state index contributed by atoms with van der Waals surface area (Å²) in [4.78, 5) is 12.1. The number of rotatable bonds is 25. The number of likely N-dealkylation sites (N-methyl/N-ethyl adjacent to an activating group) is 1. The fourth-order valence-corrected chi connectivity index (χ4v) is 9.60. The molecule has 0 saturated carbocycles. The van der Waals surface area contributed by atoms with Gasteiger partial charge in [-0.1, -0.05) is 18.2 Å². The summed E-state index contributed by atoms with van der Waals surface area (Å²) >= 11 is 0. The minimum Gasteiger partial charge on any atom is -0.350 e. The smallest absolute Gasteiger partial charge is 0.294 e. The van der Waals surface area contributed by atoms with Crippen LogP contribution in [-0.2, 0) is 50.7 Å². The van der Waals surface area contributed by atoms with E-state index in [2.05, 4.69) is 10.4 Å². The minimum atomic E-state index is -4.61. The summed E-state index contributed by atoms with van der Waals surface area (Å²) < 4.78 is 135. The summed E-state index contributed by atoms with van der Waals surface area (Å²) in [5, 5.41) is 9.15. The van der Waals surface area contributed by atoms with Crippen molar-refractivity contribution < 1.29 is 65.7 Å². The van der Waals surface area contributed by atoms with E-state index in [9.17, 15) is 56.7 Å². The van der Waals surface area contributed by atoms with E-state index in [1.54, 1.807) is 42.3 Å². The van der Waals surface area contributed by atoms with Gasteiger partial charge in [0.2, 0.25) is 11.6 Å². The Bertz CT molecular complexity index is 2370. The molecule has 5 N–H and O–H groups in total. The van der Waals surface area contributed by atoms with Crippen molar-refractivity contribution >= 4 is 63.5 Å². The molecule has 0 fully saturated rings. The number of amides is 1. The summed E-state index contributed by atoms with van der Waals surface area (Å²) in [5.41, 5.74) is 1.31. The van der Waals surface area contributed by atoms with Gasteiger partial charge in [0, 0.05) is 53.9 Å². The second-order valence-corrected chi connectivity index (χ2v) is 23.2. The van der Waals surface area contributed by atoms with E-state index in [1.165, 1.54) is 12.1 Å². The maximum absolute atomic E-state index is 12.5. The standard InChI is InChI=1S/C39H61N5O13S4/c1-31-38(2,21-13-27-58(46,47)48)36(43(41-31)25-15-29-60(52,53)54)17-10-7-9-16-35-39(3,22-14-28-59(49,50)51)33-30-32(61(55,56)57)19-20-34(33)42(35)24-12-8-11-18-37(45)40-23-26-44(4,5)6/h7,9-10,16-17,19-20,30H,8,11-15,18,21-29H2,1-6H3,(H3-2,40,45,46,47,48,49,50,51,52,53,54,55,56,57)/p+2. The number of hydrogen-bond acceptors (Lipinski definition) is 11. The van der Waals surface area contributed by atoms with Crippen LogP contribution in [0.1, 0.15) is 84.1 Å². The van der Waals surface area contributed by atoms with Crippen molar-refractivity contribution in [3.63, 3.8) is 0 Å². The SMILES string of the molecule is CC1=NN(CCCS(=O)(=O)O)/C(=C/C=C/C=C/C2=[N+](CCCCCC(=O)NCC[N+](C)(C)C)c3ccc(S(=O)(=O)O)cc3C2(C)CCCS(=O)(=O)O)C1(C)CCCS(=O)(=O)O. The quantitative estimate of drug-likeness (QED) is 0.0306. The van der Waals surface area contributed by atoms with Gasteiger partial charge in [0.05, 0.1) is 61.8 Å². The maximum atomic E-state index is 12.5. The number of fused-ring (bicyclic) bond motifs is 1. The zero-order valence-corrected chi connectivity index (χ0v) is 39.1. The molecule has 2 atom stereocenters. The van der Waals surface area contributed by atoms with E-state index in [1.807, 2.05) is 45.6 Å². The van der Waals surface area contributed by atoms with E-state index in [0.717, 1.165) is 11.0 Å². The lowest BCUT2D eigenvalue weighted by Crippen LogP contribution is -2.41. The Labute approximate surface area is 361 Å². The van der Waals surface area contributed by atoms with Crippen LogP contribution in [0, 0.1) is 5.41 Å². The minimum absolute atomic E-state index is 0.0180. The van der Waals surface area contributed by atoms with Crippen LogP contribution in [0.4, 0.5) is 5.69 Å². The second kappa shape index (κ2) is 20.9. The molecule has 2 unspecified atom stereocenters. The third-order valence-electron chi connectivity index (χ3n) is 11.0. The maximum Gasteiger partial charge on any atom is 0.294 e. The van der Waals surface area contributed by atoms with E-state index >= 15 is 0 Å². The van der Waals surface area contributed by atoms with Crippen LogP contribution in [-0.4, -0.2) is 148 Å². The number of hydrogen-bond donors (Lipinski definition) is 5. The Morgan fingerprint density at radius 2 is 1.39 bits per heavy atom. The highest BCUT2D eigenvalue weighted by Gasteiger charge is 2.48. The molecule has 344 valence electrons. The van der Waals surface area contributed by atoms with Gasteiger partial charge in [0.15, 0.2) is 5.71 Å².